The highest BCUT2D eigenvalue weighted by molar-refractivity contribution is 7.98. The van der Waals surface area contributed by atoms with E-state index in [0.29, 0.717) is 24.9 Å². The zero-order valence-corrected chi connectivity index (χ0v) is 21.6. The third kappa shape index (κ3) is 9.07. The van der Waals surface area contributed by atoms with Gasteiger partial charge in [-0.1, -0.05) is 43.9 Å². The Morgan fingerprint density at radius 1 is 0.943 bits per heavy atom. The number of ether oxygens (including phenoxy) is 3. The van der Waals surface area contributed by atoms with Crippen LogP contribution >= 0.6 is 11.8 Å². The van der Waals surface area contributed by atoms with Gasteiger partial charge in [-0.15, -0.1) is 11.8 Å². The van der Waals surface area contributed by atoms with Crippen molar-refractivity contribution in [1.29, 1.82) is 0 Å². The van der Waals surface area contributed by atoms with Crippen molar-refractivity contribution >= 4 is 17.7 Å². The highest BCUT2D eigenvalue weighted by atomic mass is 32.2. The fraction of sp³-hybridized carbons (Fsp3) is 0.300. The Balaban J connectivity index is 1.71. The van der Waals surface area contributed by atoms with Gasteiger partial charge in [-0.2, -0.15) is 0 Å². The number of thioether (sulfide) groups is 1. The summed E-state index contributed by atoms with van der Waals surface area (Å²) < 4.78 is 16.5. The fourth-order valence-corrected chi connectivity index (χ4v) is 4.13. The van der Waals surface area contributed by atoms with E-state index >= 15 is 0 Å². The van der Waals surface area contributed by atoms with E-state index in [9.17, 15) is 4.79 Å². The zero-order chi connectivity index (χ0) is 25.0. The summed E-state index contributed by atoms with van der Waals surface area (Å²) in [6, 6.07) is 22.2. The summed E-state index contributed by atoms with van der Waals surface area (Å²) in [6.45, 7) is 8.95. The molecular weight excluding hydrogens is 456 g/mol. The maximum absolute atomic E-state index is 11.5. The van der Waals surface area contributed by atoms with Gasteiger partial charge in [-0.25, -0.2) is 4.79 Å². The normalized spacial score (nSPS) is 10.4. The van der Waals surface area contributed by atoms with Crippen LogP contribution in [0.2, 0.25) is 0 Å². The summed E-state index contributed by atoms with van der Waals surface area (Å²) in [4.78, 5) is 12.7. The van der Waals surface area contributed by atoms with Crippen LogP contribution in [-0.4, -0.2) is 25.8 Å². The van der Waals surface area contributed by atoms with Gasteiger partial charge < -0.3 is 14.2 Å². The maximum atomic E-state index is 11.5. The predicted molar refractivity (Wildman–Crippen MR) is 142 cm³/mol. The molecule has 0 atom stereocenters. The quantitative estimate of drug-likeness (QED) is 0.181. The molecule has 3 rings (SSSR count). The molecule has 0 amide bonds. The molecule has 0 aromatic heterocycles. The van der Waals surface area contributed by atoms with Crippen molar-refractivity contribution in [2.24, 2.45) is 5.92 Å². The van der Waals surface area contributed by atoms with Crippen molar-refractivity contribution in [1.82, 2.24) is 0 Å². The highest BCUT2D eigenvalue weighted by Crippen LogP contribution is 2.29. The molecule has 3 aromatic rings. The van der Waals surface area contributed by atoms with Crippen LogP contribution < -0.4 is 9.47 Å². The number of rotatable bonds is 10. The first-order chi connectivity index (χ1) is 16.9. The van der Waals surface area contributed by atoms with Crippen LogP contribution in [0.5, 0.6) is 11.5 Å². The fourth-order valence-electron chi connectivity index (χ4n) is 3.21. The molecule has 0 aliphatic heterocycles. The average Bonchev–Trinajstić information content (AvgIpc) is 2.85. The van der Waals surface area contributed by atoms with E-state index in [1.165, 1.54) is 0 Å². The van der Waals surface area contributed by atoms with Gasteiger partial charge in [0, 0.05) is 21.8 Å². The van der Waals surface area contributed by atoms with E-state index < -0.39 is 0 Å². The first-order valence-electron chi connectivity index (χ1n) is 11.8. The molecule has 0 fully saturated rings. The van der Waals surface area contributed by atoms with Crippen LogP contribution in [0.1, 0.15) is 43.0 Å². The second-order valence-electron chi connectivity index (χ2n) is 8.50. The number of esters is 1. The van der Waals surface area contributed by atoms with Crippen LogP contribution in [0.4, 0.5) is 0 Å². The lowest BCUT2D eigenvalue weighted by Crippen LogP contribution is -2.14. The van der Waals surface area contributed by atoms with Crippen molar-refractivity contribution in [3.8, 4) is 23.3 Å². The molecule has 3 aromatic carbocycles. The Bertz CT molecular complexity index is 1180. The highest BCUT2D eigenvalue weighted by Gasteiger charge is 2.08. The minimum Gasteiger partial charge on any atom is -0.493 e. The van der Waals surface area contributed by atoms with E-state index in [2.05, 4.69) is 43.9 Å². The molecule has 35 heavy (non-hydrogen) atoms. The lowest BCUT2D eigenvalue weighted by molar-refractivity contribution is -0.145. The Hall–Kier alpha value is -3.36. The second-order valence-corrected chi connectivity index (χ2v) is 9.54. The van der Waals surface area contributed by atoms with E-state index in [0.717, 1.165) is 38.7 Å². The minimum absolute atomic E-state index is 0.0862. The predicted octanol–water partition coefficient (Wildman–Crippen LogP) is 6.66. The van der Waals surface area contributed by atoms with Gasteiger partial charge in [0.25, 0.3) is 0 Å². The molecule has 0 saturated carbocycles. The Morgan fingerprint density at radius 2 is 1.71 bits per heavy atom. The smallest absolute Gasteiger partial charge is 0.344 e. The van der Waals surface area contributed by atoms with E-state index in [1.807, 2.05) is 55.5 Å². The Morgan fingerprint density at radius 3 is 2.43 bits per heavy atom. The van der Waals surface area contributed by atoms with Crippen molar-refractivity contribution < 1.29 is 19.0 Å². The van der Waals surface area contributed by atoms with E-state index in [4.69, 9.17) is 14.2 Å². The molecule has 0 saturated heterocycles. The van der Waals surface area contributed by atoms with Gasteiger partial charge in [-0.3, -0.25) is 0 Å². The molecule has 0 bridgehead atoms. The monoisotopic (exact) mass is 488 g/mol. The van der Waals surface area contributed by atoms with Gasteiger partial charge in [0.2, 0.25) is 0 Å². The number of hydrogen-bond acceptors (Lipinski definition) is 5. The van der Waals surface area contributed by atoms with Gasteiger partial charge in [0.05, 0.1) is 13.2 Å². The Labute approximate surface area is 213 Å². The molecule has 0 heterocycles. The summed E-state index contributed by atoms with van der Waals surface area (Å²) in [5.41, 5.74) is 4.04. The molecule has 0 aliphatic carbocycles. The largest absolute Gasteiger partial charge is 0.493 e. The summed E-state index contributed by atoms with van der Waals surface area (Å²) in [6.07, 6.45) is 0. The standard InChI is InChI=1S/C30H32O4S/c1-5-32-30(31)20-34-29-14-13-28(15-23(29)4)35-21-26-16-25(12-11-24-9-7-6-8-10-24)17-27(18-26)33-19-22(2)3/h6-10,13-18,22H,5,19-21H2,1-4H3. The van der Waals surface area contributed by atoms with Crippen LogP contribution in [0.25, 0.3) is 0 Å². The maximum Gasteiger partial charge on any atom is 0.344 e. The molecule has 0 aliphatic rings. The zero-order valence-electron chi connectivity index (χ0n) is 20.8. The van der Waals surface area contributed by atoms with Gasteiger partial charge in [0.1, 0.15) is 11.5 Å². The molecule has 182 valence electrons. The second kappa shape index (κ2) is 13.5. The van der Waals surface area contributed by atoms with Crippen LogP contribution in [0.15, 0.2) is 71.6 Å². The molecular formula is C30H32O4S. The van der Waals surface area contributed by atoms with Crippen LogP contribution in [0.3, 0.4) is 0 Å². The number of benzene rings is 3. The summed E-state index contributed by atoms with van der Waals surface area (Å²) in [7, 11) is 0. The lowest BCUT2D eigenvalue weighted by atomic mass is 10.1. The SMILES string of the molecule is CCOC(=O)COc1ccc(SCc2cc(C#Cc3ccccc3)cc(OCC(C)C)c2)cc1C. The first-order valence-corrected chi connectivity index (χ1v) is 12.8. The number of carbonyl (C=O) groups excluding carboxylic acids is 1. The van der Waals surface area contributed by atoms with Gasteiger partial charge in [-0.05, 0) is 79.4 Å². The molecule has 0 spiro atoms. The summed E-state index contributed by atoms with van der Waals surface area (Å²) in [5.74, 6) is 8.90. The van der Waals surface area contributed by atoms with Gasteiger partial charge >= 0.3 is 5.97 Å². The van der Waals surface area contributed by atoms with Gasteiger partial charge in [0.15, 0.2) is 6.61 Å². The van der Waals surface area contributed by atoms with Crippen LogP contribution in [0, 0.1) is 24.7 Å². The van der Waals surface area contributed by atoms with Crippen LogP contribution in [-0.2, 0) is 15.3 Å². The summed E-state index contributed by atoms with van der Waals surface area (Å²) in [5, 5.41) is 0. The molecule has 0 unspecified atom stereocenters. The van der Waals surface area contributed by atoms with Crippen molar-refractivity contribution in [3.05, 3.63) is 89.0 Å². The van der Waals surface area contributed by atoms with E-state index in [1.54, 1.807) is 18.7 Å². The first kappa shape index (κ1) is 26.2. The average molecular weight is 489 g/mol. The van der Waals surface area contributed by atoms with Crippen molar-refractivity contribution in [2.75, 3.05) is 19.8 Å². The molecule has 0 radical (unpaired) electrons. The summed E-state index contributed by atoms with van der Waals surface area (Å²) >= 11 is 1.73. The molecule has 4 nitrogen and oxygen atoms in total. The number of aryl methyl sites for hydroxylation is 1. The minimum atomic E-state index is -0.365. The Kier molecular flexibility index (Phi) is 10.1. The van der Waals surface area contributed by atoms with Crippen molar-refractivity contribution in [2.45, 2.75) is 38.3 Å². The number of hydrogen-bond donors (Lipinski definition) is 0. The van der Waals surface area contributed by atoms with Crippen molar-refractivity contribution in [3.63, 3.8) is 0 Å². The number of carbonyl (C=O) groups is 1. The third-order valence-corrected chi connectivity index (χ3v) is 5.94. The third-order valence-electron chi connectivity index (χ3n) is 4.88. The molecule has 0 N–H and O–H groups in total. The van der Waals surface area contributed by atoms with E-state index in [-0.39, 0.29) is 12.6 Å². The topological polar surface area (TPSA) is 44.8 Å². The lowest BCUT2D eigenvalue weighted by Gasteiger charge is -2.12. The molecule has 5 heteroatoms.